The molecule has 0 radical (unpaired) electrons. The number of rotatable bonds is 11. The van der Waals surface area contributed by atoms with E-state index < -0.39 is 34.3 Å². The Morgan fingerprint density at radius 2 is 1.53 bits per heavy atom. The normalized spacial score (nSPS) is 12.9. The molecule has 2 amide bonds. The first-order valence-electron chi connectivity index (χ1n) is 12.5. The quantitative estimate of drug-likeness (QED) is 0.384. The summed E-state index contributed by atoms with van der Waals surface area (Å²) in [4.78, 5) is 28.2. The molecule has 9 heteroatoms. The van der Waals surface area contributed by atoms with Crippen LogP contribution in [-0.4, -0.2) is 43.8 Å². The second kappa shape index (κ2) is 12.7. The van der Waals surface area contributed by atoms with Gasteiger partial charge in [-0.3, -0.25) is 13.9 Å². The molecular formula is C29H34FN3O4S. The zero-order valence-corrected chi connectivity index (χ0v) is 22.9. The molecule has 3 aromatic carbocycles. The van der Waals surface area contributed by atoms with Crippen molar-refractivity contribution in [2.45, 2.75) is 57.6 Å². The van der Waals surface area contributed by atoms with Crippen molar-refractivity contribution in [3.63, 3.8) is 0 Å². The maximum absolute atomic E-state index is 13.8. The Balaban J connectivity index is 2.00. The molecule has 3 aromatic rings. The highest BCUT2D eigenvalue weighted by atomic mass is 32.2. The predicted molar refractivity (Wildman–Crippen MR) is 146 cm³/mol. The predicted octanol–water partition coefficient (Wildman–Crippen LogP) is 4.66. The van der Waals surface area contributed by atoms with Gasteiger partial charge in [-0.2, -0.15) is 0 Å². The van der Waals surface area contributed by atoms with Crippen molar-refractivity contribution < 1.29 is 22.4 Å². The van der Waals surface area contributed by atoms with Crippen LogP contribution < -0.4 is 9.62 Å². The number of amides is 2. The number of aryl methyl sites for hydroxylation is 1. The molecule has 0 aliphatic heterocycles. The zero-order chi connectivity index (χ0) is 27.9. The smallest absolute Gasteiger partial charge is 0.264 e. The standard InChI is InChI=1S/C29H34FN3O4S/c1-5-22(3)31-29(35)23(4)32(19-24-13-11-21(2)12-14-24)28(34)20-33(26-17-15-25(30)16-18-26)38(36,37)27-9-7-6-8-10-27/h6-18,22-23H,5,19-20H2,1-4H3,(H,31,35)/t22-,23-/m0/s1. The third-order valence-electron chi connectivity index (χ3n) is 6.37. The SMILES string of the molecule is CC[C@H](C)NC(=O)[C@H](C)N(Cc1ccc(C)cc1)C(=O)CN(c1ccc(F)cc1)S(=O)(=O)c1ccccc1. The van der Waals surface area contributed by atoms with Gasteiger partial charge in [0.05, 0.1) is 10.6 Å². The third-order valence-corrected chi connectivity index (χ3v) is 8.15. The summed E-state index contributed by atoms with van der Waals surface area (Å²) in [5, 5.41) is 2.90. The molecule has 2 atom stereocenters. The summed E-state index contributed by atoms with van der Waals surface area (Å²) in [6.45, 7) is 6.92. The molecule has 0 unspecified atom stereocenters. The summed E-state index contributed by atoms with van der Waals surface area (Å²) in [5.41, 5.74) is 1.98. The first-order chi connectivity index (χ1) is 18.0. The molecule has 3 rings (SSSR count). The van der Waals surface area contributed by atoms with Crippen molar-refractivity contribution in [3.05, 3.63) is 95.8 Å². The molecule has 0 aromatic heterocycles. The minimum absolute atomic E-state index is 0.00947. The van der Waals surface area contributed by atoms with Crippen LogP contribution >= 0.6 is 0 Å². The fourth-order valence-electron chi connectivity index (χ4n) is 3.79. The van der Waals surface area contributed by atoms with Crippen LogP contribution in [0.2, 0.25) is 0 Å². The van der Waals surface area contributed by atoms with Crippen molar-refractivity contribution in [3.8, 4) is 0 Å². The van der Waals surface area contributed by atoms with Crippen LogP contribution in [0.1, 0.15) is 38.3 Å². The number of anilines is 1. The Kier molecular flexibility index (Phi) is 9.63. The highest BCUT2D eigenvalue weighted by Crippen LogP contribution is 2.25. The van der Waals surface area contributed by atoms with Gasteiger partial charge in [0.1, 0.15) is 18.4 Å². The lowest BCUT2D eigenvalue weighted by Gasteiger charge is -2.32. The number of halogens is 1. The number of nitrogens with zero attached hydrogens (tertiary/aromatic N) is 2. The van der Waals surface area contributed by atoms with Gasteiger partial charge in [-0.15, -0.1) is 0 Å². The van der Waals surface area contributed by atoms with Gasteiger partial charge in [0.15, 0.2) is 0 Å². The highest BCUT2D eigenvalue weighted by molar-refractivity contribution is 7.92. The van der Waals surface area contributed by atoms with E-state index in [1.165, 1.54) is 29.2 Å². The van der Waals surface area contributed by atoms with Crippen molar-refractivity contribution in [1.29, 1.82) is 0 Å². The van der Waals surface area contributed by atoms with E-state index in [0.717, 1.165) is 34.0 Å². The summed E-state index contributed by atoms with van der Waals surface area (Å²) < 4.78 is 41.9. The minimum Gasteiger partial charge on any atom is -0.352 e. The van der Waals surface area contributed by atoms with Gasteiger partial charge in [-0.05, 0) is 69.2 Å². The first-order valence-corrected chi connectivity index (χ1v) is 14.0. The van der Waals surface area contributed by atoms with Gasteiger partial charge in [0, 0.05) is 12.6 Å². The van der Waals surface area contributed by atoms with Crippen LogP contribution in [0, 0.1) is 12.7 Å². The molecule has 0 bridgehead atoms. The lowest BCUT2D eigenvalue weighted by molar-refractivity contribution is -0.139. The third kappa shape index (κ3) is 7.19. The van der Waals surface area contributed by atoms with E-state index in [-0.39, 0.29) is 29.1 Å². The molecule has 0 spiro atoms. The van der Waals surface area contributed by atoms with Crippen molar-refractivity contribution in [1.82, 2.24) is 10.2 Å². The summed E-state index contributed by atoms with van der Waals surface area (Å²) >= 11 is 0. The summed E-state index contributed by atoms with van der Waals surface area (Å²) in [5.74, 6) is -1.44. The number of hydrogen-bond donors (Lipinski definition) is 1. The van der Waals surface area contributed by atoms with Crippen LogP contribution in [0.3, 0.4) is 0 Å². The molecule has 0 aliphatic carbocycles. The summed E-state index contributed by atoms with van der Waals surface area (Å²) in [6, 6.07) is 19.2. The lowest BCUT2D eigenvalue weighted by atomic mass is 10.1. The van der Waals surface area contributed by atoms with Crippen molar-refractivity contribution >= 4 is 27.5 Å². The van der Waals surface area contributed by atoms with E-state index in [4.69, 9.17) is 0 Å². The number of benzene rings is 3. The van der Waals surface area contributed by atoms with Gasteiger partial charge < -0.3 is 10.2 Å². The Labute approximate surface area is 224 Å². The molecule has 1 N–H and O–H groups in total. The molecule has 0 saturated heterocycles. The zero-order valence-electron chi connectivity index (χ0n) is 22.1. The lowest BCUT2D eigenvalue weighted by Crippen LogP contribution is -2.52. The van der Waals surface area contributed by atoms with E-state index >= 15 is 0 Å². The fraction of sp³-hybridized carbons (Fsp3) is 0.310. The highest BCUT2D eigenvalue weighted by Gasteiger charge is 2.32. The number of sulfonamides is 1. The molecule has 0 fully saturated rings. The Morgan fingerprint density at radius 3 is 2.11 bits per heavy atom. The van der Waals surface area contributed by atoms with Gasteiger partial charge in [0.25, 0.3) is 10.0 Å². The molecule has 0 saturated carbocycles. The number of carbonyl (C=O) groups is 2. The molecule has 202 valence electrons. The average molecular weight is 540 g/mol. The van der Waals surface area contributed by atoms with E-state index in [0.29, 0.717) is 0 Å². The number of hydrogen-bond acceptors (Lipinski definition) is 4. The second-order valence-corrected chi connectivity index (χ2v) is 11.2. The first kappa shape index (κ1) is 28.8. The largest absolute Gasteiger partial charge is 0.352 e. The van der Waals surface area contributed by atoms with Crippen LogP contribution in [-0.2, 0) is 26.2 Å². The van der Waals surface area contributed by atoms with Crippen LogP contribution in [0.15, 0.2) is 83.8 Å². The Hall–Kier alpha value is -3.72. The topological polar surface area (TPSA) is 86.8 Å². The van der Waals surface area contributed by atoms with Crippen LogP contribution in [0.5, 0.6) is 0 Å². The fourth-order valence-corrected chi connectivity index (χ4v) is 5.23. The van der Waals surface area contributed by atoms with Gasteiger partial charge in [-0.1, -0.05) is 55.0 Å². The van der Waals surface area contributed by atoms with Crippen LogP contribution in [0.25, 0.3) is 0 Å². The van der Waals surface area contributed by atoms with E-state index in [9.17, 15) is 22.4 Å². The minimum atomic E-state index is -4.18. The average Bonchev–Trinajstić information content (AvgIpc) is 2.91. The van der Waals surface area contributed by atoms with E-state index in [1.807, 2.05) is 45.0 Å². The monoisotopic (exact) mass is 539 g/mol. The van der Waals surface area contributed by atoms with Crippen LogP contribution in [0.4, 0.5) is 10.1 Å². The molecule has 38 heavy (non-hydrogen) atoms. The van der Waals surface area contributed by atoms with Gasteiger partial charge in [0.2, 0.25) is 11.8 Å². The Morgan fingerprint density at radius 1 is 0.921 bits per heavy atom. The maximum Gasteiger partial charge on any atom is 0.264 e. The summed E-state index contributed by atoms with van der Waals surface area (Å²) in [7, 11) is -4.18. The van der Waals surface area contributed by atoms with Crippen molar-refractivity contribution in [2.24, 2.45) is 0 Å². The summed E-state index contributed by atoms with van der Waals surface area (Å²) in [6.07, 6.45) is 0.720. The van der Waals surface area contributed by atoms with Gasteiger partial charge in [-0.25, -0.2) is 12.8 Å². The number of nitrogens with one attached hydrogen (secondary N) is 1. The molecule has 7 nitrogen and oxygen atoms in total. The number of carbonyl (C=O) groups excluding carboxylic acids is 2. The van der Waals surface area contributed by atoms with E-state index in [1.54, 1.807) is 25.1 Å². The molecule has 0 heterocycles. The van der Waals surface area contributed by atoms with E-state index in [2.05, 4.69) is 5.32 Å². The second-order valence-electron chi connectivity index (χ2n) is 9.30. The maximum atomic E-state index is 13.8. The molecule has 0 aliphatic rings. The van der Waals surface area contributed by atoms with Crippen molar-refractivity contribution in [2.75, 3.05) is 10.8 Å². The molecular weight excluding hydrogens is 505 g/mol. The van der Waals surface area contributed by atoms with Gasteiger partial charge >= 0.3 is 0 Å². The Bertz CT molecular complexity index is 1330.